The zero-order chi connectivity index (χ0) is 51.3. The summed E-state index contributed by atoms with van der Waals surface area (Å²) in [5.74, 6) is -1.98. The largest absolute Gasteiger partial charge is 0.481 e. The van der Waals surface area contributed by atoms with Crippen molar-refractivity contribution in [3.63, 3.8) is 0 Å². The number of rotatable bonds is 31. The summed E-state index contributed by atoms with van der Waals surface area (Å²) in [6.07, 6.45) is 30.9. The van der Waals surface area contributed by atoms with E-state index in [1.165, 1.54) is 164 Å². The minimum Gasteiger partial charge on any atom is -0.481 e. The number of aliphatic carboxylic acids is 2. The number of amides is 2. The number of thioether (sulfide) groups is 2. The highest BCUT2D eigenvalue weighted by atomic mass is 32.2. The molecular formula is C61H81N3O6S3. The van der Waals surface area contributed by atoms with Crippen LogP contribution in [0.3, 0.4) is 0 Å². The molecule has 3 fully saturated rings. The molecule has 0 aromatic heterocycles. The summed E-state index contributed by atoms with van der Waals surface area (Å²) in [7, 11) is 0. The summed E-state index contributed by atoms with van der Waals surface area (Å²) in [6, 6.07) is 23.9. The van der Waals surface area contributed by atoms with Gasteiger partial charge in [-0.2, -0.15) is 0 Å². The van der Waals surface area contributed by atoms with Gasteiger partial charge in [0.15, 0.2) is 0 Å². The first-order valence-electron chi connectivity index (χ1n) is 28.4. The second-order valence-electron chi connectivity index (χ2n) is 21.7. The topological polar surface area (TPSA) is 118 Å². The van der Waals surface area contributed by atoms with E-state index in [1.54, 1.807) is 4.90 Å². The molecule has 3 atom stereocenters. The van der Waals surface area contributed by atoms with Crippen molar-refractivity contribution in [1.29, 1.82) is 0 Å². The zero-order valence-electron chi connectivity index (χ0n) is 43.8. The van der Waals surface area contributed by atoms with Crippen molar-refractivity contribution < 1.29 is 29.4 Å². The molecule has 0 bridgehead atoms. The fourth-order valence-electron chi connectivity index (χ4n) is 12.9. The van der Waals surface area contributed by atoms with Crippen molar-refractivity contribution in [3.8, 4) is 11.1 Å². The van der Waals surface area contributed by atoms with Crippen LogP contribution in [0.2, 0.25) is 0 Å². The number of carbonyl (C=O) groups excluding carboxylic acids is 2. The third-order valence-electron chi connectivity index (χ3n) is 16.6. The molecule has 0 radical (unpaired) electrons. The van der Waals surface area contributed by atoms with E-state index in [4.69, 9.17) is 17.3 Å². The lowest BCUT2D eigenvalue weighted by atomic mass is 9.70. The predicted octanol–water partition coefficient (Wildman–Crippen LogP) is 15.8. The number of benzene rings is 3. The first kappa shape index (κ1) is 55.1. The highest BCUT2D eigenvalue weighted by Crippen LogP contribution is 2.58. The Hall–Kier alpha value is -4.13. The number of fused-ring (bicyclic) bond motifs is 6. The number of unbranched alkanes of at least 4 members (excludes halogenated alkanes) is 18. The third kappa shape index (κ3) is 12.9. The van der Waals surface area contributed by atoms with Gasteiger partial charge in [-0.15, -0.1) is 0 Å². The van der Waals surface area contributed by atoms with E-state index in [2.05, 4.69) is 79.4 Å². The van der Waals surface area contributed by atoms with Crippen LogP contribution in [0.15, 0.2) is 70.6 Å². The quantitative estimate of drug-likeness (QED) is 0.0366. The van der Waals surface area contributed by atoms with E-state index >= 15 is 0 Å². The lowest BCUT2D eigenvalue weighted by molar-refractivity contribution is -0.142. The summed E-state index contributed by atoms with van der Waals surface area (Å²) < 4.78 is 0.448. The number of carboxylic acids is 2. The van der Waals surface area contributed by atoms with Crippen LogP contribution in [0.5, 0.6) is 0 Å². The SMILES string of the molecule is CCCCCCCCC1(CCCCCCCC)c2ccccc2-c2ccc(N3c4ccc(CC5S/C(=C6/SC(=S)N(CCCCCCCCCCCC(=O)O)C6=O)N(CC(=O)O)C5=O)cc4C4CCCC43)cc21. The third-order valence-corrected chi connectivity index (χ3v) is 19.4. The first-order chi connectivity index (χ1) is 35.6. The van der Waals surface area contributed by atoms with Gasteiger partial charge in [0, 0.05) is 41.7 Å². The van der Waals surface area contributed by atoms with Gasteiger partial charge < -0.3 is 15.1 Å². The molecular weight excluding hydrogens is 967 g/mol. The predicted molar refractivity (Wildman–Crippen MR) is 305 cm³/mol. The molecule has 9 nitrogen and oxygen atoms in total. The van der Waals surface area contributed by atoms with Gasteiger partial charge in [-0.25, -0.2) is 0 Å². The van der Waals surface area contributed by atoms with E-state index < -0.39 is 23.7 Å². The maximum absolute atomic E-state index is 14.2. The van der Waals surface area contributed by atoms with Gasteiger partial charge in [0.2, 0.25) is 5.91 Å². The van der Waals surface area contributed by atoms with Crippen molar-refractivity contribution in [2.24, 2.45) is 0 Å². The Labute approximate surface area is 450 Å². The molecule has 1 saturated carbocycles. The monoisotopic (exact) mass is 1050 g/mol. The van der Waals surface area contributed by atoms with Crippen molar-refractivity contribution >= 4 is 75.2 Å². The fraction of sp³-hybridized carbons (Fsp3) is 0.590. The summed E-state index contributed by atoms with van der Waals surface area (Å²) >= 11 is 8.21. The lowest BCUT2D eigenvalue weighted by Crippen LogP contribution is -2.35. The van der Waals surface area contributed by atoms with Gasteiger partial charge in [-0.3, -0.25) is 29.0 Å². The Balaban J connectivity index is 0.977. The molecule has 3 aliphatic heterocycles. The smallest absolute Gasteiger partial charge is 0.323 e. The van der Waals surface area contributed by atoms with Crippen molar-refractivity contribution in [1.82, 2.24) is 9.80 Å². The van der Waals surface area contributed by atoms with Crippen LogP contribution in [-0.4, -0.2) is 72.5 Å². The number of hydrogen-bond acceptors (Lipinski definition) is 8. The Morgan fingerprint density at radius 1 is 0.685 bits per heavy atom. The molecule has 2 aliphatic carbocycles. The highest BCUT2D eigenvalue weighted by molar-refractivity contribution is 8.27. The van der Waals surface area contributed by atoms with Crippen molar-refractivity contribution in [2.75, 3.05) is 18.0 Å². The molecule has 2 amide bonds. The Kier molecular flexibility index (Phi) is 20.1. The molecule has 3 unspecified atom stereocenters. The van der Waals surface area contributed by atoms with Gasteiger partial charge in [-0.05, 0) is 96.5 Å². The van der Waals surface area contributed by atoms with Crippen LogP contribution < -0.4 is 4.90 Å². The molecule has 3 aromatic rings. The van der Waals surface area contributed by atoms with Crippen molar-refractivity contribution in [3.05, 3.63) is 92.9 Å². The molecule has 3 aromatic carbocycles. The molecule has 73 heavy (non-hydrogen) atoms. The lowest BCUT2D eigenvalue weighted by Gasteiger charge is -2.34. The molecule has 2 saturated heterocycles. The summed E-state index contributed by atoms with van der Waals surface area (Å²) in [5, 5.41) is 18.7. The normalized spacial score (nSPS) is 20.6. The summed E-state index contributed by atoms with van der Waals surface area (Å²) in [5.41, 5.74) is 10.8. The van der Waals surface area contributed by atoms with E-state index in [-0.39, 0.29) is 23.7 Å². The van der Waals surface area contributed by atoms with Gasteiger partial charge in [0.1, 0.15) is 15.8 Å². The maximum Gasteiger partial charge on any atom is 0.323 e. The van der Waals surface area contributed by atoms with Crippen LogP contribution >= 0.6 is 35.7 Å². The van der Waals surface area contributed by atoms with Crippen LogP contribution in [0.25, 0.3) is 11.1 Å². The molecule has 2 N–H and O–H groups in total. The van der Waals surface area contributed by atoms with E-state index in [9.17, 15) is 24.3 Å². The second-order valence-corrected chi connectivity index (χ2v) is 24.5. The Bertz CT molecular complexity index is 2460. The maximum atomic E-state index is 14.2. The number of nitrogens with zero attached hydrogens (tertiary/aromatic N) is 3. The molecule has 394 valence electrons. The van der Waals surface area contributed by atoms with Crippen molar-refractivity contribution in [2.45, 2.75) is 216 Å². The number of carbonyl (C=O) groups is 4. The van der Waals surface area contributed by atoms with E-state index in [1.807, 2.05) is 0 Å². The summed E-state index contributed by atoms with van der Waals surface area (Å²) in [6.45, 7) is 4.58. The van der Waals surface area contributed by atoms with Crippen LogP contribution in [0.1, 0.15) is 215 Å². The molecule has 8 rings (SSSR count). The summed E-state index contributed by atoms with van der Waals surface area (Å²) in [4.78, 5) is 57.1. The molecule has 3 heterocycles. The minimum atomic E-state index is -1.12. The van der Waals surface area contributed by atoms with Gasteiger partial charge in [0.25, 0.3) is 5.91 Å². The van der Waals surface area contributed by atoms with E-state index in [0.717, 1.165) is 76.2 Å². The highest BCUT2D eigenvalue weighted by Gasteiger charge is 2.47. The zero-order valence-corrected chi connectivity index (χ0v) is 46.3. The van der Waals surface area contributed by atoms with Crippen LogP contribution in [0.4, 0.5) is 11.4 Å². The number of hydrogen-bond donors (Lipinski definition) is 2. The van der Waals surface area contributed by atoms with E-state index in [0.29, 0.717) is 39.2 Å². The Morgan fingerprint density at radius 3 is 1.99 bits per heavy atom. The number of anilines is 2. The molecule has 12 heteroatoms. The first-order valence-corrected chi connectivity index (χ1v) is 30.5. The number of thiocarbonyl (C=S) groups is 1. The minimum absolute atomic E-state index is 0.00639. The van der Waals surface area contributed by atoms with Crippen LogP contribution in [-0.2, 0) is 31.0 Å². The van der Waals surface area contributed by atoms with Crippen LogP contribution in [0, 0.1) is 0 Å². The fourth-order valence-corrected chi connectivity index (χ4v) is 15.7. The van der Waals surface area contributed by atoms with Gasteiger partial charge in [-0.1, -0.05) is 220 Å². The Morgan fingerprint density at radius 2 is 1.32 bits per heavy atom. The second kappa shape index (κ2) is 26.6. The standard InChI is InChI=1S/C61H81N3O6S3/c1-3-5-7-9-17-23-36-61(37-24-18-10-8-6-4-2)49-29-22-21-27-45(49)46-34-33-44(41-50(46)61)64-51-30-26-28-47(51)48-39-43(32-35-52(48)64)40-53-57(69)63(42-55(67)68)59(72-53)56-58(70)62(60(71)73-56)38-25-19-15-13-11-12-14-16-20-31-54(65)66/h21-22,27,29,32-35,39,41,47,51,53H,3-20,23-26,28,30-31,36-38,40,42H2,1-2H3,(H,65,66)(H,67,68)/b59-56+. The average molecular weight is 1050 g/mol. The number of carboxylic acid groups (broad SMARTS) is 2. The molecule has 0 spiro atoms. The molecule has 5 aliphatic rings. The van der Waals surface area contributed by atoms with Gasteiger partial charge in [0.05, 0.1) is 10.3 Å². The van der Waals surface area contributed by atoms with Gasteiger partial charge >= 0.3 is 11.9 Å². The average Bonchev–Trinajstić information content (AvgIpc) is 4.17.